The highest BCUT2D eigenvalue weighted by Gasteiger charge is 2.08. The molecule has 0 saturated carbocycles. The molecule has 0 atom stereocenters. The first kappa shape index (κ1) is 10.8. The standard InChI is InChI=1S/C11H17NO2/c1-3-5-6-9-7-10(12-8-9)11(13)14-4-2/h7-8,12H,3-6H2,1-2H3. The third kappa shape index (κ3) is 2.91. The lowest BCUT2D eigenvalue weighted by atomic mass is 10.1. The number of unbranched alkanes of at least 4 members (excludes halogenated alkanes) is 1. The summed E-state index contributed by atoms with van der Waals surface area (Å²) in [5.74, 6) is -0.268. The van der Waals surface area contributed by atoms with Crippen LogP contribution in [0, 0.1) is 0 Å². The van der Waals surface area contributed by atoms with Crippen LogP contribution in [0.25, 0.3) is 0 Å². The molecule has 0 fully saturated rings. The summed E-state index contributed by atoms with van der Waals surface area (Å²) in [6.07, 6.45) is 5.22. The molecule has 0 saturated heterocycles. The quantitative estimate of drug-likeness (QED) is 0.733. The molecule has 0 amide bonds. The summed E-state index contributed by atoms with van der Waals surface area (Å²) in [7, 11) is 0. The van der Waals surface area contributed by atoms with Gasteiger partial charge in [0.15, 0.2) is 0 Å². The summed E-state index contributed by atoms with van der Waals surface area (Å²) in [6, 6.07) is 1.87. The predicted molar refractivity (Wildman–Crippen MR) is 55.4 cm³/mol. The van der Waals surface area contributed by atoms with Crippen molar-refractivity contribution in [1.29, 1.82) is 0 Å². The average molecular weight is 195 g/mol. The van der Waals surface area contributed by atoms with Crippen molar-refractivity contribution < 1.29 is 9.53 Å². The highest BCUT2D eigenvalue weighted by Crippen LogP contribution is 2.08. The Hall–Kier alpha value is -1.25. The molecule has 0 aliphatic heterocycles. The summed E-state index contributed by atoms with van der Waals surface area (Å²) >= 11 is 0. The maximum Gasteiger partial charge on any atom is 0.354 e. The van der Waals surface area contributed by atoms with Gasteiger partial charge in [0, 0.05) is 6.20 Å². The first-order valence-corrected chi connectivity index (χ1v) is 5.12. The minimum atomic E-state index is -0.268. The lowest BCUT2D eigenvalue weighted by Gasteiger charge is -1.97. The summed E-state index contributed by atoms with van der Waals surface area (Å²) in [5.41, 5.74) is 1.73. The van der Waals surface area contributed by atoms with Crippen molar-refractivity contribution in [3.8, 4) is 0 Å². The minimum Gasteiger partial charge on any atom is -0.461 e. The van der Waals surface area contributed by atoms with Gasteiger partial charge in [0.05, 0.1) is 6.61 Å². The molecule has 0 bridgehead atoms. The molecule has 0 aromatic carbocycles. The van der Waals surface area contributed by atoms with Gasteiger partial charge in [0.25, 0.3) is 0 Å². The zero-order chi connectivity index (χ0) is 10.4. The molecule has 0 spiro atoms. The third-order valence-electron chi connectivity index (χ3n) is 2.06. The SMILES string of the molecule is CCCCc1c[nH]c(C(=O)OCC)c1. The highest BCUT2D eigenvalue weighted by molar-refractivity contribution is 5.87. The maximum absolute atomic E-state index is 11.3. The fraction of sp³-hybridized carbons (Fsp3) is 0.545. The monoisotopic (exact) mass is 195 g/mol. The topological polar surface area (TPSA) is 42.1 Å². The van der Waals surface area contributed by atoms with E-state index in [1.165, 1.54) is 12.0 Å². The Morgan fingerprint density at radius 1 is 1.50 bits per heavy atom. The molecule has 78 valence electrons. The van der Waals surface area contributed by atoms with Crippen LogP contribution in [0.4, 0.5) is 0 Å². The molecular weight excluding hydrogens is 178 g/mol. The number of ether oxygens (including phenoxy) is 1. The van der Waals surface area contributed by atoms with Gasteiger partial charge in [-0.05, 0) is 31.4 Å². The van der Waals surface area contributed by atoms with Crippen LogP contribution in [0.15, 0.2) is 12.3 Å². The van der Waals surface area contributed by atoms with Crippen LogP contribution in [-0.4, -0.2) is 17.6 Å². The number of carbonyl (C=O) groups is 1. The number of aromatic nitrogens is 1. The molecule has 0 aliphatic rings. The maximum atomic E-state index is 11.3. The van der Waals surface area contributed by atoms with Crippen LogP contribution in [0.2, 0.25) is 0 Å². The van der Waals surface area contributed by atoms with Crippen molar-refractivity contribution in [1.82, 2.24) is 4.98 Å². The first-order chi connectivity index (χ1) is 6.77. The minimum absolute atomic E-state index is 0.268. The number of carbonyl (C=O) groups excluding carboxylic acids is 1. The van der Waals surface area contributed by atoms with Crippen LogP contribution in [0.5, 0.6) is 0 Å². The van der Waals surface area contributed by atoms with E-state index in [4.69, 9.17) is 4.74 Å². The van der Waals surface area contributed by atoms with Gasteiger partial charge in [-0.3, -0.25) is 0 Å². The van der Waals surface area contributed by atoms with Gasteiger partial charge in [-0.1, -0.05) is 13.3 Å². The van der Waals surface area contributed by atoms with Crippen LogP contribution >= 0.6 is 0 Å². The molecule has 1 aromatic rings. The number of esters is 1. The highest BCUT2D eigenvalue weighted by atomic mass is 16.5. The Bertz CT molecular complexity index is 291. The molecule has 14 heavy (non-hydrogen) atoms. The summed E-state index contributed by atoms with van der Waals surface area (Å²) in [5, 5.41) is 0. The van der Waals surface area contributed by atoms with E-state index in [1.54, 1.807) is 6.92 Å². The van der Waals surface area contributed by atoms with Gasteiger partial charge >= 0.3 is 5.97 Å². The summed E-state index contributed by atoms with van der Waals surface area (Å²) in [6.45, 7) is 4.37. The van der Waals surface area contributed by atoms with Gasteiger partial charge < -0.3 is 9.72 Å². The van der Waals surface area contributed by atoms with Gasteiger partial charge in [-0.25, -0.2) is 4.79 Å². The Morgan fingerprint density at radius 3 is 2.93 bits per heavy atom. The second kappa shape index (κ2) is 5.47. The summed E-state index contributed by atoms with van der Waals surface area (Å²) in [4.78, 5) is 14.2. The third-order valence-corrected chi connectivity index (χ3v) is 2.06. The zero-order valence-corrected chi connectivity index (χ0v) is 8.80. The van der Waals surface area contributed by atoms with Crippen molar-refractivity contribution in [3.63, 3.8) is 0 Å². The molecule has 0 radical (unpaired) electrons. The van der Waals surface area contributed by atoms with E-state index in [9.17, 15) is 4.79 Å². The van der Waals surface area contributed by atoms with E-state index in [1.807, 2.05) is 12.3 Å². The second-order valence-electron chi connectivity index (χ2n) is 3.25. The van der Waals surface area contributed by atoms with Gasteiger partial charge in [0.2, 0.25) is 0 Å². The largest absolute Gasteiger partial charge is 0.461 e. The fourth-order valence-electron chi connectivity index (χ4n) is 1.29. The van der Waals surface area contributed by atoms with Crippen molar-refractivity contribution >= 4 is 5.97 Å². The molecule has 1 heterocycles. The van der Waals surface area contributed by atoms with Crippen LogP contribution in [0.1, 0.15) is 42.7 Å². The second-order valence-corrected chi connectivity index (χ2v) is 3.25. The van der Waals surface area contributed by atoms with E-state index in [0.29, 0.717) is 12.3 Å². The average Bonchev–Trinajstić information content (AvgIpc) is 2.63. The number of aromatic amines is 1. The van der Waals surface area contributed by atoms with E-state index < -0.39 is 0 Å². The zero-order valence-electron chi connectivity index (χ0n) is 8.80. The molecule has 1 N–H and O–H groups in total. The Labute approximate surface area is 84.5 Å². The van der Waals surface area contributed by atoms with Gasteiger partial charge in [-0.15, -0.1) is 0 Å². The molecule has 0 aliphatic carbocycles. The number of H-pyrrole nitrogens is 1. The van der Waals surface area contributed by atoms with E-state index in [2.05, 4.69) is 11.9 Å². The first-order valence-electron chi connectivity index (χ1n) is 5.12. The van der Waals surface area contributed by atoms with Gasteiger partial charge in [-0.2, -0.15) is 0 Å². The Kier molecular flexibility index (Phi) is 4.23. The number of aryl methyl sites for hydroxylation is 1. The lowest BCUT2D eigenvalue weighted by molar-refractivity contribution is 0.0520. The van der Waals surface area contributed by atoms with Crippen molar-refractivity contribution in [2.45, 2.75) is 33.1 Å². The molecule has 3 heteroatoms. The number of rotatable bonds is 5. The number of hydrogen-bond donors (Lipinski definition) is 1. The van der Waals surface area contributed by atoms with Crippen molar-refractivity contribution in [3.05, 3.63) is 23.5 Å². The molecule has 3 nitrogen and oxygen atoms in total. The van der Waals surface area contributed by atoms with Gasteiger partial charge in [0.1, 0.15) is 5.69 Å². The number of hydrogen-bond acceptors (Lipinski definition) is 2. The number of nitrogens with one attached hydrogen (secondary N) is 1. The predicted octanol–water partition coefficient (Wildman–Crippen LogP) is 2.53. The van der Waals surface area contributed by atoms with E-state index >= 15 is 0 Å². The van der Waals surface area contributed by atoms with Crippen LogP contribution in [0.3, 0.4) is 0 Å². The van der Waals surface area contributed by atoms with E-state index in [0.717, 1.165) is 12.8 Å². The normalized spacial score (nSPS) is 10.1. The molecule has 1 aromatic heterocycles. The van der Waals surface area contributed by atoms with E-state index in [-0.39, 0.29) is 5.97 Å². The summed E-state index contributed by atoms with van der Waals surface area (Å²) < 4.78 is 4.88. The molecule has 1 rings (SSSR count). The van der Waals surface area contributed by atoms with Crippen LogP contribution < -0.4 is 0 Å². The lowest BCUT2D eigenvalue weighted by Crippen LogP contribution is -2.04. The molecular formula is C11H17NO2. The van der Waals surface area contributed by atoms with Crippen LogP contribution in [-0.2, 0) is 11.2 Å². The Morgan fingerprint density at radius 2 is 2.29 bits per heavy atom. The smallest absolute Gasteiger partial charge is 0.354 e. The van der Waals surface area contributed by atoms with Crippen molar-refractivity contribution in [2.75, 3.05) is 6.61 Å². The van der Waals surface area contributed by atoms with Crippen molar-refractivity contribution in [2.24, 2.45) is 0 Å². The fourth-order valence-corrected chi connectivity index (χ4v) is 1.29. The Balaban J connectivity index is 2.54. The molecule has 0 unspecified atom stereocenters.